The summed E-state index contributed by atoms with van der Waals surface area (Å²) < 4.78 is 50.5. The number of aliphatic hydroxyl groups is 1. The average Bonchev–Trinajstić information content (AvgIpc) is 2.46. The van der Waals surface area contributed by atoms with Crippen LogP contribution in [0.2, 0.25) is 0 Å². The third-order valence-corrected chi connectivity index (χ3v) is 5.21. The minimum absolute atomic E-state index is 0.0148. The Balaban J connectivity index is 2.32. The number of sulfonamides is 1. The summed E-state index contributed by atoms with van der Waals surface area (Å²) in [6, 6.07) is 4.58. The van der Waals surface area contributed by atoms with Gasteiger partial charge in [0, 0.05) is 18.8 Å². The zero-order valence-electron chi connectivity index (χ0n) is 11.4. The SMILES string of the molecule is O=S(=O)(c1ccc2c(c1)CCCN2)N(CCO)CC(F)F. The second-order valence-electron chi connectivity index (χ2n) is 4.83. The molecule has 0 atom stereocenters. The van der Waals surface area contributed by atoms with E-state index in [9.17, 15) is 17.2 Å². The van der Waals surface area contributed by atoms with Gasteiger partial charge < -0.3 is 10.4 Å². The maximum Gasteiger partial charge on any atom is 0.252 e. The van der Waals surface area contributed by atoms with Crippen molar-refractivity contribution >= 4 is 15.7 Å². The summed E-state index contributed by atoms with van der Waals surface area (Å²) in [7, 11) is -4.03. The monoisotopic (exact) mass is 320 g/mol. The zero-order chi connectivity index (χ0) is 15.5. The van der Waals surface area contributed by atoms with E-state index in [2.05, 4.69) is 5.32 Å². The van der Waals surface area contributed by atoms with Crippen LogP contribution in [0.5, 0.6) is 0 Å². The lowest BCUT2D eigenvalue weighted by atomic mass is 10.0. The summed E-state index contributed by atoms with van der Waals surface area (Å²) in [4.78, 5) is -0.0148. The lowest BCUT2D eigenvalue weighted by Gasteiger charge is -2.23. The molecule has 1 heterocycles. The van der Waals surface area contributed by atoms with E-state index in [4.69, 9.17) is 5.11 Å². The minimum atomic E-state index is -4.03. The Morgan fingerprint density at radius 3 is 2.81 bits per heavy atom. The molecule has 1 aromatic rings. The van der Waals surface area contributed by atoms with Crippen LogP contribution in [0, 0.1) is 0 Å². The molecular formula is C13H18F2N2O3S. The molecule has 21 heavy (non-hydrogen) atoms. The first kappa shape index (κ1) is 16.1. The Kier molecular flexibility index (Phi) is 5.13. The number of hydrogen-bond acceptors (Lipinski definition) is 4. The Labute approximate surface area is 122 Å². The van der Waals surface area contributed by atoms with Crippen LogP contribution < -0.4 is 5.32 Å². The van der Waals surface area contributed by atoms with Crippen molar-refractivity contribution in [3.8, 4) is 0 Å². The number of rotatable bonds is 6. The molecule has 2 N–H and O–H groups in total. The molecule has 0 bridgehead atoms. The molecule has 1 aromatic carbocycles. The fourth-order valence-corrected chi connectivity index (χ4v) is 3.80. The maximum atomic E-state index is 12.5. The number of halogens is 2. The van der Waals surface area contributed by atoms with E-state index < -0.39 is 29.6 Å². The highest BCUT2D eigenvalue weighted by atomic mass is 32.2. The molecule has 0 aromatic heterocycles. The van der Waals surface area contributed by atoms with Gasteiger partial charge in [0.25, 0.3) is 6.43 Å². The summed E-state index contributed by atoms with van der Waals surface area (Å²) in [5.74, 6) is 0. The molecule has 118 valence electrons. The van der Waals surface area contributed by atoms with E-state index in [1.165, 1.54) is 12.1 Å². The van der Waals surface area contributed by atoms with Gasteiger partial charge in [-0.2, -0.15) is 4.31 Å². The molecule has 0 fully saturated rings. The molecule has 1 aliphatic heterocycles. The van der Waals surface area contributed by atoms with E-state index in [0.29, 0.717) is 4.31 Å². The fraction of sp³-hybridized carbons (Fsp3) is 0.538. The third-order valence-electron chi connectivity index (χ3n) is 3.34. The summed E-state index contributed by atoms with van der Waals surface area (Å²) in [5, 5.41) is 12.1. The first-order valence-electron chi connectivity index (χ1n) is 6.71. The largest absolute Gasteiger partial charge is 0.395 e. The molecule has 0 radical (unpaired) electrons. The molecule has 2 rings (SSSR count). The van der Waals surface area contributed by atoms with E-state index in [-0.39, 0.29) is 11.4 Å². The molecule has 8 heteroatoms. The van der Waals surface area contributed by atoms with Crippen molar-refractivity contribution in [2.45, 2.75) is 24.2 Å². The van der Waals surface area contributed by atoms with Crippen molar-refractivity contribution in [3.05, 3.63) is 23.8 Å². The smallest absolute Gasteiger partial charge is 0.252 e. The lowest BCUT2D eigenvalue weighted by Crippen LogP contribution is -2.37. The van der Waals surface area contributed by atoms with E-state index in [1.807, 2.05) is 0 Å². The summed E-state index contributed by atoms with van der Waals surface area (Å²) in [5.41, 5.74) is 1.74. The van der Waals surface area contributed by atoms with Gasteiger partial charge in [0.15, 0.2) is 0 Å². The summed E-state index contributed by atoms with van der Waals surface area (Å²) >= 11 is 0. The van der Waals surface area contributed by atoms with Gasteiger partial charge in [0.2, 0.25) is 10.0 Å². The third kappa shape index (κ3) is 3.69. The van der Waals surface area contributed by atoms with Crippen molar-refractivity contribution < 1.29 is 22.3 Å². The number of nitrogens with zero attached hydrogens (tertiary/aromatic N) is 1. The minimum Gasteiger partial charge on any atom is -0.395 e. The van der Waals surface area contributed by atoms with Crippen molar-refractivity contribution in [3.63, 3.8) is 0 Å². The zero-order valence-corrected chi connectivity index (χ0v) is 12.2. The fourth-order valence-electron chi connectivity index (χ4n) is 2.34. The van der Waals surface area contributed by atoms with Crippen LogP contribution in [0.25, 0.3) is 0 Å². The first-order valence-corrected chi connectivity index (χ1v) is 8.15. The highest BCUT2D eigenvalue weighted by Gasteiger charge is 2.27. The van der Waals surface area contributed by atoms with Crippen LogP contribution in [0.15, 0.2) is 23.1 Å². The number of anilines is 1. The standard InChI is InChI=1S/C13H18F2N2O3S/c14-13(15)9-17(6-7-18)21(19,20)11-3-4-12-10(8-11)2-1-5-16-12/h3-4,8,13,16,18H,1-2,5-7,9H2. The van der Waals surface area contributed by atoms with Crippen LogP contribution in [0.3, 0.4) is 0 Å². The van der Waals surface area contributed by atoms with Gasteiger partial charge in [-0.25, -0.2) is 17.2 Å². The number of alkyl halides is 2. The van der Waals surface area contributed by atoms with Gasteiger partial charge in [-0.05, 0) is 36.6 Å². The van der Waals surface area contributed by atoms with Crippen molar-refractivity contribution in [1.29, 1.82) is 0 Å². The van der Waals surface area contributed by atoms with Crippen LogP contribution in [0.4, 0.5) is 14.5 Å². The Morgan fingerprint density at radius 1 is 1.38 bits per heavy atom. The highest BCUT2D eigenvalue weighted by Crippen LogP contribution is 2.26. The molecule has 5 nitrogen and oxygen atoms in total. The predicted octanol–water partition coefficient (Wildman–Crippen LogP) is 1.29. The van der Waals surface area contributed by atoms with Crippen LogP contribution in [-0.4, -0.2) is 50.5 Å². The van der Waals surface area contributed by atoms with Crippen LogP contribution in [-0.2, 0) is 16.4 Å². The summed E-state index contributed by atoms with van der Waals surface area (Å²) in [6.45, 7) is -0.931. The van der Waals surface area contributed by atoms with Crippen molar-refractivity contribution in [2.75, 3.05) is 31.6 Å². The maximum absolute atomic E-state index is 12.5. The molecule has 1 aliphatic rings. The number of aryl methyl sites for hydroxylation is 1. The molecule has 0 aliphatic carbocycles. The molecular weight excluding hydrogens is 302 g/mol. The number of aliphatic hydroxyl groups excluding tert-OH is 1. The highest BCUT2D eigenvalue weighted by molar-refractivity contribution is 7.89. The number of fused-ring (bicyclic) bond motifs is 1. The predicted molar refractivity (Wildman–Crippen MR) is 75.1 cm³/mol. The average molecular weight is 320 g/mol. The van der Waals surface area contributed by atoms with Crippen molar-refractivity contribution in [1.82, 2.24) is 4.31 Å². The van der Waals surface area contributed by atoms with E-state index in [0.717, 1.165) is 30.6 Å². The molecule has 0 saturated carbocycles. The molecule has 0 saturated heterocycles. The van der Waals surface area contributed by atoms with Crippen LogP contribution in [0.1, 0.15) is 12.0 Å². The van der Waals surface area contributed by atoms with Gasteiger partial charge in [0.1, 0.15) is 0 Å². The Morgan fingerprint density at radius 2 is 2.14 bits per heavy atom. The van der Waals surface area contributed by atoms with Gasteiger partial charge in [-0.1, -0.05) is 0 Å². The molecule has 0 unspecified atom stereocenters. The second kappa shape index (κ2) is 6.67. The quantitative estimate of drug-likeness (QED) is 0.829. The van der Waals surface area contributed by atoms with Gasteiger partial charge in [-0.15, -0.1) is 0 Å². The van der Waals surface area contributed by atoms with Crippen LogP contribution >= 0.6 is 0 Å². The Bertz CT molecular complexity index is 593. The van der Waals surface area contributed by atoms with E-state index in [1.54, 1.807) is 6.07 Å². The van der Waals surface area contributed by atoms with E-state index >= 15 is 0 Å². The number of nitrogens with one attached hydrogen (secondary N) is 1. The van der Waals surface area contributed by atoms with Gasteiger partial charge in [-0.3, -0.25) is 0 Å². The topological polar surface area (TPSA) is 69.6 Å². The van der Waals surface area contributed by atoms with Gasteiger partial charge in [0.05, 0.1) is 18.0 Å². The second-order valence-corrected chi connectivity index (χ2v) is 6.76. The molecule has 0 amide bonds. The lowest BCUT2D eigenvalue weighted by molar-refractivity contribution is 0.113. The van der Waals surface area contributed by atoms with Crippen molar-refractivity contribution in [2.24, 2.45) is 0 Å². The normalized spacial score (nSPS) is 15.1. The first-order chi connectivity index (χ1) is 9.95. The summed E-state index contributed by atoms with van der Waals surface area (Å²) in [6.07, 6.45) is -1.14. The van der Waals surface area contributed by atoms with Gasteiger partial charge >= 0.3 is 0 Å². The number of benzene rings is 1. The number of hydrogen-bond donors (Lipinski definition) is 2. The Hall–Kier alpha value is -1.25. The molecule has 0 spiro atoms.